The lowest BCUT2D eigenvalue weighted by Crippen LogP contribution is -2.51. The molecule has 1 unspecified atom stereocenters. The van der Waals surface area contributed by atoms with Gasteiger partial charge < -0.3 is 4.74 Å². The summed E-state index contributed by atoms with van der Waals surface area (Å²) in [5.41, 5.74) is 4.86. The van der Waals surface area contributed by atoms with Gasteiger partial charge in [-0.15, -0.1) is 0 Å². The summed E-state index contributed by atoms with van der Waals surface area (Å²) in [4.78, 5) is 0. The molecule has 3 nitrogen and oxygen atoms in total. The third-order valence-electron chi connectivity index (χ3n) is 5.09. The number of benzene rings is 1. The summed E-state index contributed by atoms with van der Waals surface area (Å²) in [6.07, 6.45) is 4.09. The minimum atomic E-state index is -0.327. The van der Waals surface area contributed by atoms with Crippen LogP contribution >= 0.6 is 0 Å². The van der Waals surface area contributed by atoms with Gasteiger partial charge in [0.1, 0.15) is 5.82 Å². The van der Waals surface area contributed by atoms with Crippen molar-refractivity contribution in [1.29, 1.82) is 0 Å². The largest absolute Gasteiger partial charge is 0.376 e. The molecule has 0 aliphatic heterocycles. The van der Waals surface area contributed by atoms with Crippen molar-refractivity contribution >= 4 is 0 Å². The SMILES string of the molecule is COC1(C(NN)c2ccc(F)cc2C)CCC(C)(C)CC1. The number of nitrogens with two attached hydrogens (primary N) is 1. The summed E-state index contributed by atoms with van der Waals surface area (Å²) in [6.45, 7) is 6.50. The minimum Gasteiger partial charge on any atom is -0.376 e. The molecule has 0 aromatic heterocycles. The second kappa shape index (κ2) is 6.03. The van der Waals surface area contributed by atoms with Gasteiger partial charge in [-0.1, -0.05) is 19.9 Å². The van der Waals surface area contributed by atoms with Crippen molar-refractivity contribution in [2.75, 3.05) is 7.11 Å². The van der Waals surface area contributed by atoms with Gasteiger partial charge >= 0.3 is 0 Å². The summed E-state index contributed by atoms with van der Waals surface area (Å²) in [5.74, 6) is 5.63. The summed E-state index contributed by atoms with van der Waals surface area (Å²) in [5, 5.41) is 0. The van der Waals surface area contributed by atoms with E-state index in [2.05, 4.69) is 19.3 Å². The third-order valence-corrected chi connectivity index (χ3v) is 5.09. The van der Waals surface area contributed by atoms with E-state index in [1.807, 2.05) is 13.0 Å². The van der Waals surface area contributed by atoms with E-state index in [1.165, 1.54) is 6.07 Å². The predicted octanol–water partition coefficient (Wildman–Crippen LogP) is 3.62. The van der Waals surface area contributed by atoms with Crippen LogP contribution in [0.4, 0.5) is 4.39 Å². The molecule has 1 aliphatic carbocycles. The first-order chi connectivity index (χ1) is 9.83. The highest BCUT2D eigenvalue weighted by molar-refractivity contribution is 5.32. The lowest BCUT2D eigenvalue weighted by molar-refractivity contribution is -0.0878. The van der Waals surface area contributed by atoms with Gasteiger partial charge in [0.05, 0.1) is 11.6 Å². The molecule has 1 aliphatic rings. The fraction of sp³-hybridized carbons (Fsp3) is 0.647. The Morgan fingerprint density at radius 1 is 1.24 bits per heavy atom. The second-order valence-corrected chi connectivity index (χ2v) is 7.03. The zero-order valence-corrected chi connectivity index (χ0v) is 13.5. The van der Waals surface area contributed by atoms with Crippen molar-refractivity contribution in [2.45, 2.75) is 58.1 Å². The van der Waals surface area contributed by atoms with Crippen molar-refractivity contribution < 1.29 is 9.13 Å². The Morgan fingerprint density at radius 3 is 2.33 bits per heavy atom. The normalized spacial score (nSPS) is 22.0. The zero-order valence-electron chi connectivity index (χ0n) is 13.5. The maximum Gasteiger partial charge on any atom is 0.123 e. The van der Waals surface area contributed by atoms with Crippen molar-refractivity contribution in [3.63, 3.8) is 0 Å². The Bertz CT molecular complexity index is 492. The van der Waals surface area contributed by atoms with Gasteiger partial charge in [-0.2, -0.15) is 0 Å². The van der Waals surface area contributed by atoms with Crippen molar-refractivity contribution in [1.82, 2.24) is 5.43 Å². The Balaban J connectivity index is 2.34. The van der Waals surface area contributed by atoms with E-state index < -0.39 is 0 Å². The number of hydrogen-bond acceptors (Lipinski definition) is 3. The van der Waals surface area contributed by atoms with Crippen molar-refractivity contribution in [3.05, 3.63) is 35.1 Å². The molecule has 0 bridgehead atoms. The van der Waals surface area contributed by atoms with Crippen LogP contribution in [0.5, 0.6) is 0 Å². The van der Waals surface area contributed by atoms with Crippen LogP contribution < -0.4 is 11.3 Å². The maximum absolute atomic E-state index is 13.4. The first-order valence-corrected chi connectivity index (χ1v) is 7.61. The molecular weight excluding hydrogens is 267 g/mol. The van der Waals surface area contributed by atoms with E-state index in [1.54, 1.807) is 13.2 Å². The van der Waals surface area contributed by atoms with Crippen LogP contribution in [0.1, 0.15) is 56.7 Å². The van der Waals surface area contributed by atoms with Crippen molar-refractivity contribution in [3.8, 4) is 0 Å². The van der Waals surface area contributed by atoms with E-state index in [9.17, 15) is 4.39 Å². The van der Waals surface area contributed by atoms with Gasteiger partial charge in [-0.3, -0.25) is 11.3 Å². The molecule has 1 saturated carbocycles. The molecule has 0 heterocycles. The Morgan fingerprint density at radius 2 is 1.86 bits per heavy atom. The number of hydrogen-bond donors (Lipinski definition) is 2. The van der Waals surface area contributed by atoms with E-state index in [0.717, 1.165) is 36.8 Å². The highest BCUT2D eigenvalue weighted by atomic mass is 19.1. The molecule has 118 valence electrons. The summed E-state index contributed by atoms with van der Waals surface area (Å²) in [7, 11) is 1.75. The van der Waals surface area contributed by atoms with Gasteiger partial charge in [0.15, 0.2) is 0 Å². The molecule has 4 heteroatoms. The first-order valence-electron chi connectivity index (χ1n) is 7.61. The van der Waals surface area contributed by atoms with Crippen LogP contribution in [0.15, 0.2) is 18.2 Å². The highest BCUT2D eigenvalue weighted by Gasteiger charge is 2.45. The quantitative estimate of drug-likeness (QED) is 0.658. The highest BCUT2D eigenvalue weighted by Crippen LogP contribution is 2.47. The molecule has 21 heavy (non-hydrogen) atoms. The zero-order chi connectivity index (χ0) is 15.7. The molecular formula is C17H27FN2O. The third kappa shape index (κ3) is 3.28. The molecule has 3 N–H and O–H groups in total. The van der Waals surface area contributed by atoms with Gasteiger partial charge in [0, 0.05) is 7.11 Å². The fourth-order valence-electron chi connectivity index (χ4n) is 3.45. The average Bonchev–Trinajstić information content (AvgIpc) is 2.44. The number of aryl methyl sites for hydroxylation is 1. The van der Waals surface area contributed by atoms with Crippen molar-refractivity contribution in [2.24, 2.45) is 11.3 Å². The lowest BCUT2D eigenvalue weighted by Gasteiger charge is -2.47. The standard InChI is InChI=1S/C17H27FN2O/c1-12-11-13(18)5-6-14(12)15(20-19)17(21-4)9-7-16(2,3)8-10-17/h5-6,11,15,20H,7-10,19H2,1-4H3. The number of halogens is 1. The minimum absolute atomic E-state index is 0.126. The number of nitrogens with one attached hydrogen (secondary N) is 1. The van der Waals surface area contributed by atoms with Gasteiger partial charge in [0.2, 0.25) is 0 Å². The monoisotopic (exact) mass is 294 g/mol. The van der Waals surface area contributed by atoms with Gasteiger partial charge in [0.25, 0.3) is 0 Å². The smallest absolute Gasteiger partial charge is 0.123 e. The van der Waals surface area contributed by atoms with Gasteiger partial charge in [-0.05, 0) is 61.3 Å². The van der Waals surface area contributed by atoms with E-state index in [4.69, 9.17) is 10.6 Å². The number of hydrazine groups is 1. The molecule has 0 radical (unpaired) electrons. The van der Waals surface area contributed by atoms with E-state index >= 15 is 0 Å². The van der Waals surface area contributed by atoms with Crippen LogP contribution in [0.25, 0.3) is 0 Å². The second-order valence-electron chi connectivity index (χ2n) is 7.03. The summed E-state index contributed by atoms with van der Waals surface area (Å²) in [6, 6.07) is 4.73. The Hall–Kier alpha value is -0.970. The Labute approximate surface area is 127 Å². The van der Waals surface area contributed by atoms with Crippen LogP contribution in [0, 0.1) is 18.2 Å². The van der Waals surface area contributed by atoms with Crippen LogP contribution in [-0.4, -0.2) is 12.7 Å². The average molecular weight is 294 g/mol. The predicted molar refractivity (Wildman–Crippen MR) is 83.2 cm³/mol. The number of methoxy groups -OCH3 is 1. The van der Waals surface area contributed by atoms with Crippen LogP contribution in [0.2, 0.25) is 0 Å². The molecule has 0 spiro atoms. The first kappa shape index (κ1) is 16.4. The molecule has 1 atom stereocenters. The molecule has 1 fully saturated rings. The maximum atomic E-state index is 13.4. The summed E-state index contributed by atoms with van der Waals surface area (Å²) >= 11 is 0. The van der Waals surface area contributed by atoms with E-state index in [0.29, 0.717) is 5.41 Å². The molecule has 0 saturated heterocycles. The lowest BCUT2D eigenvalue weighted by atomic mass is 9.67. The molecule has 2 rings (SSSR count). The number of ether oxygens (including phenoxy) is 1. The molecule has 1 aromatic rings. The fourth-order valence-corrected chi connectivity index (χ4v) is 3.45. The van der Waals surface area contributed by atoms with Crippen LogP contribution in [0.3, 0.4) is 0 Å². The van der Waals surface area contributed by atoms with E-state index in [-0.39, 0.29) is 17.5 Å². The summed E-state index contributed by atoms with van der Waals surface area (Å²) < 4.78 is 19.3. The van der Waals surface area contributed by atoms with Gasteiger partial charge in [-0.25, -0.2) is 4.39 Å². The topological polar surface area (TPSA) is 47.3 Å². The molecule has 0 amide bonds. The van der Waals surface area contributed by atoms with Crippen LogP contribution in [-0.2, 0) is 4.74 Å². The Kier molecular flexibility index (Phi) is 4.71. The number of rotatable bonds is 4. The molecule has 1 aromatic carbocycles.